The Balaban J connectivity index is 1.86. The van der Waals surface area contributed by atoms with Crippen LogP contribution in [0.5, 0.6) is 5.75 Å². The summed E-state index contributed by atoms with van der Waals surface area (Å²) in [6, 6.07) is 6.04. The average molecular weight is 346 g/mol. The summed E-state index contributed by atoms with van der Waals surface area (Å²) in [5.41, 5.74) is 4.32. The molecule has 2 N–H and O–H groups in total. The van der Waals surface area contributed by atoms with Crippen molar-refractivity contribution in [1.29, 1.82) is 0 Å². The van der Waals surface area contributed by atoms with Gasteiger partial charge in [0.2, 0.25) is 0 Å². The number of aryl methyl sites for hydroxylation is 4. The summed E-state index contributed by atoms with van der Waals surface area (Å²) < 4.78 is 7.69. The lowest BCUT2D eigenvalue weighted by Gasteiger charge is -2.18. The predicted molar refractivity (Wildman–Crippen MR) is 101 cm³/mol. The number of rotatable bonds is 8. The van der Waals surface area contributed by atoms with Crippen LogP contribution in [-0.2, 0) is 13.6 Å². The van der Waals surface area contributed by atoms with Gasteiger partial charge < -0.3 is 20.1 Å². The highest BCUT2D eigenvalue weighted by Gasteiger charge is 2.15. The fourth-order valence-electron chi connectivity index (χ4n) is 3.09. The SMILES string of the molecule is Cc1cccc(C)c1OCC(O)CNCc1c(C)nn(C)c1N(C)C. The van der Waals surface area contributed by atoms with E-state index < -0.39 is 6.10 Å². The van der Waals surface area contributed by atoms with Gasteiger partial charge in [0.1, 0.15) is 24.3 Å². The number of benzene rings is 1. The number of aliphatic hydroxyl groups excluding tert-OH is 1. The van der Waals surface area contributed by atoms with E-state index in [1.807, 2.05) is 64.8 Å². The van der Waals surface area contributed by atoms with Crippen LogP contribution in [0.4, 0.5) is 5.82 Å². The van der Waals surface area contributed by atoms with E-state index in [0.29, 0.717) is 13.1 Å². The number of aromatic nitrogens is 2. The third-order valence-electron chi connectivity index (χ3n) is 4.25. The highest BCUT2D eigenvalue weighted by Crippen LogP contribution is 2.23. The first-order chi connectivity index (χ1) is 11.8. The molecule has 0 aliphatic heterocycles. The van der Waals surface area contributed by atoms with Gasteiger partial charge in [0, 0.05) is 39.8 Å². The molecule has 0 radical (unpaired) electrons. The van der Waals surface area contributed by atoms with E-state index >= 15 is 0 Å². The number of nitrogens with zero attached hydrogens (tertiary/aromatic N) is 3. The number of aliphatic hydroxyl groups is 1. The monoisotopic (exact) mass is 346 g/mol. The van der Waals surface area contributed by atoms with Crippen LogP contribution in [0, 0.1) is 20.8 Å². The van der Waals surface area contributed by atoms with Gasteiger partial charge in [-0.3, -0.25) is 4.68 Å². The maximum absolute atomic E-state index is 10.2. The Kier molecular flexibility index (Phi) is 6.45. The van der Waals surface area contributed by atoms with Crippen LogP contribution >= 0.6 is 0 Å². The standard InChI is InChI=1S/C19H30N4O2/c1-13-8-7-9-14(2)18(13)25-12-16(24)10-20-11-17-15(3)21-23(6)19(17)22(4)5/h7-9,16,20,24H,10-12H2,1-6H3. The Morgan fingerprint density at radius 3 is 2.48 bits per heavy atom. The Morgan fingerprint density at radius 2 is 1.88 bits per heavy atom. The minimum absolute atomic E-state index is 0.269. The first-order valence-electron chi connectivity index (χ1n) is 8.58. The second-order valence-corrected chi connectivity index (χ2v) is 6.72. The van der Waals surface area contributed by atoms with E-state index in [9.17, 15) is 5.11 Å². The van der Waals surface area contributed by atoms with Crippen LogP contribution in [-0.4, -0.2) is 48.2 Å². The molecule has 1 heterocycles. The number of anilines is 1. The fourth-order valence-corrected chi connectivity index (χ4v) is 3.09. The van der Waals surface area contributed by atoms with Crippen LogP contribution in [0.15, 0.2) is 18.2 Å². The average Bonchev–Trinajstić information content (AvgIpc) is 2.81. The van der Waals surface area contributed by atoms with Crippen molar-refractivity contribution in [3.05, 3.63) is 40.6 Å². The van der Waals surface area contributed by atoms with Crippen molar-refractivity contribution in [2.75, 3.05) is 32.1 Å². The maximum Gasteiger partial charge on any atom is 0.130 e. The van der Waals surface area contributed by atoms with Gasteiger partial charge in [0.05, 0.1) is 5.69 Å². The number of hydrogen-bond donors (Lipinski definition) is 2. The first-order valence-corrected chi connectivity index (χ1v) is 8.58. The van der Waals surface area contributed by atoms with Crippen LogP contribution in [0.3, 0.4) is 0 Å². The summed E-state index contributed by atoms with van der Waals surface area (Å²) in [6.45, 7) is 7.43. The number of ether oxygens (including phenoxy) is 1. The highest BCUT2D eigenvalue weighted by atomic mass is 16.5. The summed E-state index contributed by atoms with van der Waals surface area (Å²) in [7, 11) is 5.96. The molecule has 2 aromatic rings. The van der Waals surface area contributed by atoms with Crippen molar-refractivity contribution >= 4 is 5.82 Å². The molecule has 1 aromatic carbocycles. The second kappa shape index (κ2) is 8.36. The summed E-state index contributed by atoms with van der Waals surface area (Å²) in [5.74, 6) is 1.94. The lowest BCUT2D eigenvalue weighted by molar-refractivity contribution is 0.105. The van der Waals surface area contributed by atoms with Gasteiger partial charge in [-0.05, 0) is 31.9 Å². The summed E-state index contributed by atoms with van der Waals surface area (Å²) in [5, 5.41) is 18.0. The van der Waals surface area contributed by atoms with Gasteiger partial charge in [0.15, 0.2) is 0 Å². The lowest BCUT2D eigenvalue weighted by Crippen LogP contribution is -2.31. The lowest BCUT2D eigenvalue weighted by atomic mass is 10.1. The van der Waals surface area contributed by atoms with E-state index in [1.165, 1.54) is 0 Å². The van der Waals surface area contributed by atoms with E-state index in [0.717, 1.165) is 34.0 Å². The summed E-state index contributed by atoms with van der Waals surface area (Å²) in [6.07, 6.45) is -0.571. The molecule has 2 rings (SSSR count). The third-order valence-corrected chi connectivity index (χ3v) is 4.25. The third kappa shape index (κ3) is 4.74. The molecule has 0 spiro atoms. The minimum Gasteiger partial charge on any atom is -0.490 e. The highest BCUT2D eigenvalue weighted by molar-refractivity contribution is 5.48. The van der Waals surface area contributed by atoms with Gasteiger partial charge in [-0.1, -0.05) is 18.2 Å². The summed E-state index contributed by atoms with van der Waals surface area (Å²) in [4.78, 5) is 2.05. The Morgan fingerprint density at radius 1 is 1.24 bits per heavy atom. The molecule has 0 saturated carbocycles. The predicted octanol–water partition coefficient (Wildman–Crippen LogP) is 1.94. The topological polar surface area (TPSA) is 62.6 Å². The molecule has 0 fully saturated rings. The molecule has 1 atom stereocenters. The Labute approximate surface area is 150 Å². The van der Waals surface area contributed by atoms with Gasteiger partial charge in [-0.15, -0.1) is 0 Å². The largest absolute Gasteiger partial charge is 0.490 e. The molecule has 1 aromatic heterocycles. The normalized spacial score (nSPS) is 12.3. The van der Waals surface area contributed by atoms with Gasteiger partial charge in [-0.2, -0.15) is 5.10 Å². The quantitative estimate of drug-likeness (QED) is 0.765. The molecule has 0 amide bonds. The number of para-hydroxylation sites is 1. The summed E-state index contributed by atoms with van der Waals surface area (Å²) >= 11 is 0. The maximum atomic E-state index is 10.2. The second-order valence-electron chi connectivity index (χ2n) is 6.72. The Bertz CT molecular complexity index is 689. The van der Waals surface area contributed by atoms with Crippen molar-refractivity contribution in [2.45, 2.75) is 33.4 Å². The molecular formula is C19H30N4O2. The van der Waals surface area contributed by atoms with Crippen molar-refractivity contribution < 1.29 is 9.84 Å². The van der Waals surface area contributed by atoms with Crippen LogP contribution in [0.25, 0.3) is 0 Å². The molecule has 6 nitrogen and oxygen atoms in total. The zero-order chi connectivity index (χ0) is 18.6. The van der Waals surface area contributed by atoms with E-state index in [-0.39, 0.29) is 6.61 Å². The van der Waals surface area contributed by atoms with Gasteiger partial charge in [-0.25, -0.2) is 0 Å². The zero-order valence-electron chi connectivity index (χ0n) is 16.1. The molecular weight excluding hydrogens is 316 g/mol. The van der Waals surface area contributed by atoms with Crippen LogP contribution in [0.1, 0.15) is 22.4 Å². The molecule has 6 heteroatoms. The fraction of sp³-hybridized carbons (Fsp3) is 0.526. The van der Waals surface area contributed by atoms with Gasteiger partial charge in [0.25, 0.3) is 0 Å². The number of hydrogen-bond acceptors (Lipinski definition) is 5. The van der Waals surface area contributed by atoms with E-state index in [4.69, 9.17) is 4.74 Å². The smallest absolute Gasteiger partial charge is 0.130 e. The van der Waals surface area contributed by atoms with Crippen molar-refractivity contribution in [3.63, 3.8) is 0 Å². The molecule has 0 aliphatic carbocycles. The van der Waals surface area contributed by atoms with Crippen molar-refractivity contribution in [3.8, 4) is 5.75 Å². The Hall–Kier alpha value is -2.05. The van der Waals surface area contributed by atoms with Gasteiger partial charge >= 0.3 is 0 Å². The molecule has 0 aliphatic rings. The first kappa shape index (κ1) is 19.3. The van der Waals surface area contributed by atoms with Crippen molar-refractivity contribution in [2.24, 2.45) is 7.05 Å². The molecule has 1 unspecified atom stereocenters. The molecule has 138 valence electrons. The molecule has 0 saturated heterocycles. The minimum atomic E-state index is -0.571. The van der Waals surface area contributed by atoms with E-state index in [1.54, 1.807) is 0 Å². The van der Waals surface area contributed by atoms with Crippen LogP contribution in [0.2, 0.25) is 0 Å². The number of nitrogens with one attached hydrogen (secondary N) is 1. The van der Waals surface area contributed by atoms with Crippen LogP contribution < -0.4 is 15.0 Å². The van der Waals surface area contributed by atoms with Crippen molar-refractivity contribution in [1.82, 2.24) is 15.1 Å². The molecule has 25 heavy (non-hydrogen) atoms. The zero-order valence-corrected chi connectivity index (χ0v) is 16.1. The van der Waals surface area contributed by atoms with E-state index in [2.05, 4.69) is 15.3 Å². The molecule has 0 bridgehead atoms.